The zero-order valence-electron chi connectivity index (χ0n) is 20.0. The Morgan fingerprint density at radius 1 is 0.771 bits per heavy atom. The molecule has 0 saturated heterocycles. The minimum atomic E-state index is -1.79. The number of amides is 3. The van der Waals surface area contributed by atoms with Crippen LogP contribution in [0.4, 0.5) is 0 Å². The standard InChI is InChI=1S/C21H37N5O9/c1-3-11(2)17(23)20(33)25-12(6-4-5-9-22)18(31)24-13(7-8-15(27)28)19(32)26-14(21(34)35)10-16(29)30/h11-14,17H,3-10,22-23H2,1-2H3,(H,24,31)(H,25,33)(H,26,32)(H,27,28)(H,29,30)(H,34,35). The van der Waals surface area contributed by atoms with Gasteiger partial charge in [0.05, 0.1) is 12.5 Å². The van der Waals surface area contributed by atoms with Crippen molar-refractivity contribution in [1.82, 2.24) is 16.0 Å². The van der Waals surface area contributed by atoms with Gasteiger partial charge in [-0.3, -0.25) is 24.0 Å². The van der Waals surface area contributed by atoms with E-state index in [1.807, 2.05) is 12.2 Å². The van der Waals surface area contributed by atoms with Crippen LogP contribution in [0, 0.1) is 5.92 Å². The third kappa shape index (κ3) is 12.7. The van der Waals surface area contributed by atoms with Crippen LogP contribution in [0.3, 0.4) is 0 Å². The van der Waals surface area contributed by atoms with Crippen LogP contribution in [0.5, 0.6) is 0 Å². The first-order chi connectivity index (χ1) is 16.3. The molecule has 3 amide bonds. The third-order valence-corrected chi connectivity index (χ3v) is 5.41. The lowest BCUT2D eigenvalue weighted by Crippen LogP contribution is -2.57. The summed E-state index contributed by atoms with van der Waals surface area (Å²) in [6.45, 7) is 3.97. The van der Waals surface area contributed by atoms with Gasteiger partial charge in [-0.25, -0.2) is 4.79 Å². The largest absolute Gasteiger partial charge is 0.481 e. The molecule has 0 bridgehead atoms. The fourth-order valence-electron chi connectivity index (χ4n) is 3.00. The Hall–Kier alpha value is -3.26. The van der Waals surface area contributed by atoms with Crippen molar-refractivity contribution in [3.63, 3.8) is 0 Å². The molecule has 35 heavy (non-hydrogen) atoms. The topological polar surface area (TPSA) is 251 Å². The van der Waals surface area contributed by atoms with Gasteiger partial charge in [0.1, 0.15) is 18.1 Å². The van der Waals surface area contributed by atoms with E-state index >= 15 is 0 Å². The summed E-state index contributed by atoms with van der Waals surface area (Å²) in [5.74, 6) is -6.99. The summed E-state index contributed by atoms with van der Waals surface area (Å²) in [5.41, 5.74) is 11.4. The highest BCUT2D eigenvalue weighted by Crippen LogP contribution is 2.09. The summed E-state index contributed by atoms with van der Waals surface area (Å²) in [6.07, 6.45) is -0.0794. The molecule has 200 valence electrons. The Morgan fingerprint density at radius 3 is 1.74 bits per heavy atom. The molecule has 0 rings (SSSR count). The van der Waals surface area contributed by atoms with Crippen LogP contribution in [0.1, 0.15) is 58.8 Å². The van der Waals surface area contributed by atoms with E-state index in [4.69, 9.17) is 26.8 Å². The van der Waals surface area contributed by atoms with Gasteiger partial charge < -0.3 is 42.7 Å². The zero-order valence-corrected chi connectivity index (χ0v) is 20.0. The van der Waals surface area contributed by atoms with E-state index in [0.29, 0.717) is 25.8 Å². The van der Waals surface area contributed by atoms with Crippen LogP contribution in [-0.2, 0) is 28.8 Å². The molecule has 0 aliphatic rings. The van der Waals surface area contributed by atoms with E-state index in [2.05, 4.69) is 10.6 Å². The quantitative estimate of drug-likeness (QED) is 0.0985. The Bertz CT molecular complexity index is 761. The molecule has 14 heteroatoms. The number of unbranched alkanes of at least 4 members (excludes halogenated alkanes) is 1. The number of carbonyl (C=O) groups excluding carboxylic acids is 3. The van der Waals surface area contributed by atoms with Crippen molar-refractivity contribution in [1.29, 1.82) is 0 Å². The number of carboxylic acids is 3. The normalized spacial score (nSPS) is 15.1. The van der Waals surface area contributed by atoms with Crippen molar-refractivity contribution in [3.8, 4) is 0 Å². The monoisotopic (exact) mass is 503 g/mol. The number of nitrogens with two attached hydrogens (primary N) is 2. The lowest BCUT2D eigenvalue weighted by Gasteiger charge is -2.26. The summed E-state index contributed by atoms with van der Waals surface area (Å²) in [5, 5.41) is 33.9. The van der Waals surface area contributed by atoms with Crippen LogP contribution in [0.2, 0.25) is 0 Å². The summed E-state index contributed by atoms with van der Waals surface area (Å²) in [6, 6.07) is -5.29. The SMILES string of the molecule is CCC(C)C(N)C(=O)NC(CCCCN)C(=O)NC(CCC(=O)O)C(=O)NC(CC(=O)O)C(=O)O. The number of hydrogen-bond acceptors (Lipinski definition) is 8. The highest BCUT2D eigenvalue weighted by Gasteiger charge is 2.31. The van der Waals surface area contributed by atoms with Gasteiger partial charge in [0.25, 0.3) is 0 Å². The summed E-state index contributed by atoms with van der Waals surface area (Å²) in [7, 11) is 0. The first-order valence-corrected chi connectivity index (χ1v) is 11.4. The van der Waals surface area contributed by atoms with Gasteiger partial charge in [-0.2, -0.15) is 0 Å². The molecule has 0 aromatic carbocycles. The highest BCUT2D eigenvalue weighted by atomic mass is 16.4. The zero-order chi connectivity index (χ0) is 27.1. The van der Waals surface area contributed by atoms with E-state index in [9.17, 15) is 28.8 Å². The maximum Gasteiger partial charge on any atom is 0.326 e. The van der Waals surface area contributed by atoms with Crippen LogP contribution < -0.4 is 27.4 Å². The smallest absolute Gasteiger partial charge is 0.326 e. The maximum atomic E-state index is 13.0. The van der Waals surface area contributed by atoms with Crippen LogP contribution in [0.15, 0.2) is 0 Å². The lowest BCUT2D eigenvalue weighted by atomic mass is 9.98. The summed E-state index contributed by atoms with van der Waals surface area (Å²) >= 11 is 0. The van der Waals surface area contributed by atoms with Gasteiger partial charge >= 0.3 is 17.9 Å². The van der Waals surface area contributed by atoms with Crippen molar-refractivity contribution in [3.05, 3.63) is 0 Å². The average Bonchev–Trinajstić information content (AvgIpc) is 2.78. The van der Waals surface area contributed by atoms with Crippen molar-refractivity contribution in [2.75, 3.05) is 6.54 Å². The molecule has 5 atom stereocenters. The second-order valence-electron chi connectivity index (χ2n) is 8.25. The molecule has 0 aliphatic heterocycles. The predicted octanol–water partition coefficient (Wildman–Crippen LogP) is -1.63. The van der Waals surface area contributed by atoms with Gasteiger partial charge in [0.15, 0.2) is 0 Å². The van der Waals surface area contributed by atoms with Crippen molar-refractivity contribution >= 4 is 35.6 Å². The first-order valence-electron chi connectivity index (χ1n) is 11.4. The molecule has 0 fully saturated rings. The van der Waals surface area contributed by atoms with Crippen molar-refractivity contribution < 1.29 is 44.1 Å². The molecule has 0 radical (unpaired) electrons. The number of aliphatic carboxylic acids is 3. The lowest BCUT2D eigenvalue weighted by molar-refractivity contribution is -0.147. The maximum absolute atomic E-state index is 13.0. The van der Waals surface area contributed by atoms with Crippen LogP contribution in [0.25, 0.3) is 0 Å². The number of carbonyl (C=O) groups is 6. The van der Waals surface area contributed by atoms with Gasteiger partial charge in [0.2, 0.25) is 17.7 Å². The van der Waals surface area contributed by atoms with Crippen LogP contribution >= 0.6 is 0 Å². The summed E-state index contributed by atoms with van der Waals surface area (Å²) < 4.78 is 0. The Morgan fingerprint density at radius 2 is 1.29 bits per heavy atom. The molecule has 0 spiro atoms. The molecule has 0 heterocycles. The number of rotatable bonds is 18. The molecule has 10 N–H and O–H groups in total. The fraction of sp³-hybridized carbons (Fsp3) is 0.714. The second-order valence-corrected chi connectivity index (χ2v) is 8.25. The molecule has 14 nitrogen and oxygen atoms in total. The van der Waals surface area contributed by atoms with Gasteiger partial charge in [0, 0.05) is 6.42 Å². The van der Waals surface area contributed by atoms with Crippen LogP contribution in [-0.4, -0.2) is 81.7 Å². The van der Waals surface area contributed by atoms with E-state index < -0.39 is 79.1 Å². The third-order valence-electron chi connectivity index (χ3n) is 5.41. The molecule has 0 saturated carbocycles. The number of carboxylic acid groups (broad SMARTS) is 3. The van der Waals surface area contributed by atoms with E-state index in [1.54, 1.807) is 6.92 Å². The van der Waals surface area contributed by atoms with Gasteiger partial charge in [-0.1, -0.05) is 20.3 Å². The van der Waals surface area contributed by atoms with E-state index in [1.165, 1.54) is 0 Å². The van der Waals surface area contributed by atoms with Crippen molar-refractivity contribution in [2.45, 2.75) is 83.0 Å². The average molecular weight is 504 g/mol. The predicted molar refractivity (Wildman–Crippen MR) is 123 cm³/mol. The first kappa shape index (κ1) is 31.7. The summed E-state index contributed by atoms with van der Waals surface area (Å²) in [4.78, 5) is 71.3. The Balaban J connectivity index is 5.63. The van der Waals surface area contributed by atoms with Gasteiger partial charge in [-0.15, -0.1) is 0 Å². The van der Waals surface area contributed by atoms with Crippen molar-refractivity contribution in [2.24, 2.45) is 17.4 Å². The minimum Gasteiger partial charge on any atom is -0.481 e. The minimum absolute atomic E-state index is 0.159. The molecule has 0 aliphatic carbocycles. The number of nitrogens with one attached hydrogen (secondary N) is 3. The van der Waals surface area contributed by atoms with Gasteiger partial charge in [-0.05, 0) is 38.1 Å². The highest BCUT2D eigenvalue weighted by molar-refractivity contribution is 5.94. The van der Waals surface area contributed by atoms with E-state index in [-0.39, 0.29) is 12.3 Å². The fourth-order valence-corrected chi connectivity index (χ4v) is 3.00. The number of hydrogen-bond donors (Lipinski definition) is 8. The Labute approximate surface area is 203 Å². The molecular formula is C21H37N5O9. The Kier molecular flexibility index (Phi) is 14.9. The van der Waals surface area contributed by atoms with E-state index in [0.717, 1.165) is 0 Å². The molecule has 0 aromatic heterocycles. The molecular weight excluding hydrogens is 466 g/mol. The molecule has 5 unspecified atom stereocenters. The molecule has 0 aromatic rings. The second kappa shape index (κ2) is 16.4.